The van der Waals surface area contributed by atoms with Gasteiger partial charge < -0.3 is 0 Å². The molecular formula is C12H24Cl2S. The third-order valence-electron chi connectivity index (χ3n) is 2.61. The Morgan fingerprint density at radius 2 is 1.80 bits per heavy atom. The molecule has 3 heteroatoms. The fourth-order valence-electron chi connectivity index (χ4n) is 1.94. The highest BCUT2D eigenvalue weighted by Gasteiger charge is 2.28. The number of hydrogen-bond acceptors (Lipinski definition) is 1. The highest BCUT2D eigenvalue weighted by molar-refractivity contribution is 7.99. The minimum absolute atomic E-state index is 0.172. The number of hydrogen-bond donors (Lipinski definition) is 0. The van der Waals surface area contributed by atoms with E-state index in [4.69, 9.17) is 23.2 Å². The summed E-state index contributed by atoms with van der Waals surface area (Å²) in [4.78, 5) is 0. The summed E-state index contributed by atoms with van der Waals surface area (Å²) in [6.45, 7) is 6.69. The van der Waals surface area contributed by atoms with Crippen molar-refractivity contribution in [2.24, 2.45) is 11.3 Å². The third kappa shape index (κ3) is 6.97. The largest absolute Gasteiger partial charge is 0.162 e. The molecule has 0 rings (SSSR count). The Morgan fingerprint density at radius 1 is 1.20 bits per heavy atom. The summed E-state index contributed by atoms with van der Waals surface area (Å²) in [6, 6.07) is 0. The fraction of sp³-hybridized carbons (Fsp3) is 1.00. The van der Waals surface area contributed by atoms with Gasteiger partial charge in [0.15, 0.2) is 0 Å². The predicted octanol–water partition coefficient (Wildman–Crippen LogP) is 5.03. The quantitative estimate of drug-likeness (QED) is 0.418. The average molecular weight is 271 g/mol. The standard InChI is InChI=1S/C12H24Cl2S/c1-4-15-7-5-6-12(9-13,10-14)8-11(2)3/h11H,4-10H2,1-3H3. The molecule has 0 bridgehead atoms. The lowest BCUT2D eigenvalue weighted by Gasteiger charge is -2.31. The van der Waals surface area contributed by atoms with Crippen LogP contribution in [0.4, 0.5) is 0 Å². The molecule has 0 aromatic rings. The topological polar surface area (TPSA) is 0 Å². The van der Waals surface area contributed by atoms with Gasteiger partial charge in [-0.15, -0.1) is 23.2 Å². The van der Waals surface area contributed by atoms with Gasteiger partial charge in [0.05, 0.1) is 0 Å². The number of alkyl halides is 2. The Kier molecular flexibility index (Phi) is 9.57. The van der Waals surface area contributed by atoms with Crippen LogP contribution in [-0.2, 0) is 0 Å². The molecule has 0 fully saturated rings. The van der Waals surface area contributed by atoms with E-state index < -0.39 is 0 Å². The van der Waals surface area contributed by atoms with Crippen LogP contribution < -0.4 is 0 Å². The van der Waals surface area contributed by atoms with E-state index in [0.717, 1.165) is 6.42 Å². The molecule has 0 heterocycles. The van der Waals surface area contributed by atoms with E-state index in [9.17, 15) is 0 Å². The van der Waals surface area contributed by atoms with Crippen molar-refractivity contribution in [1.82, 2.24) is 0 Å². The van der Waals surface area contributed by atoms with Gasteiger partial charge in [0.2, 0.25) is 0 Å². The zero-order chi connectivity index (χ0) is 11.7. The molecule has 0 aromatic carbocycles. The van der Waals surface area contributed by atoms with Crippen molar-refractivity contribution < 1.29 is 0 Å². The fourth-order valence-corrected chi connectivity index (χ4v) is 3.35. The maximum Gasteiger partial charge on any atom is 0.0291 e. The van der Waals surface area contributed by atoms with Gasteiger partial charge in [-0.2, -0.15) is 11.8 Å². The van der Waals surface area contributed by atoms with E-state index in [-0.39, 0.29) is 5.41 Å². The van der Waals surface area contributed by atoms with Crippen LogP contribution in [0.1, 0.15) is 40.0 Å². The van der Waals surface area contributed by atoms with Crippen LogP contribution in [0.3, 0.4) is 0 Å². The molecule has 0 radical (unpaired) electrons. The molecule has 0 aliphatic heterocycles. The normalized spacial score (nSPS) is 12.4. The van der Waals surface area contributed by atoms with Crippen LogP contribution in [0.15, 0.2) is 0 Å². The van der Waals surface area contributed by atoms with E-state index >= 15 is 0 Å². The van der Waals surface area contributed by atoms with E-state index in [0.29, 0.717) is 17.7 Å². The van der Waals surface area contributed by atoms with Crippen molar-refractivity contribution in [1.29, 1.82) is 0 Å². The summed E-state index contributed by atoms with van der Waals surface area (Å²) in [5, 5.41) is 0. The summed E-state index contributed by atoms with van der Waals surface area (Å²) >= 11 is 14.2. The molecule has 15 heavy (non-hydrogen) atoms. The van der Waals surface area contributed by atoms with Crippen LogP contribution >= 0.6 is 35.0 Å². The second kappa shape index (κ2) is 9.01. The minimum Gasteiger partial charge on any atom is -0.162 e. The van der Waals surface area contributed by atoms with Crippen molar-refractivity contribution >= 4 is 35.0 Å². The van der Waals surface area contributed by atoms with Gasteiger partial charge >= 0.3 is 0 Å². The van der Waals surface area contributed by atoms with Crippen LogP contribution in [0.25, 0.3) is 0 Å². The summed E-state index contributed by atoms with van der Waals surface area (Å²) in [5.74, 6) is 4.53. The molecule has 0 unspecified atom stereocenters. The van der Waals surface area contributed by atoms with E-state index in [1.54, 1.807) is 0 Å². The Hall–Kier alpha value is 0.930. The molecule has 0 saturated carbocycles. The van der Waals surface area contributed by atoms with Gasteiger partial charge in [-0.25, -0.2) is 0 Å². The molecule has 0 atom stereocenters. The molecule has 0 N–H and O–H groups in total. The molecule has 0 aliphatic carbocycles. The number of halogens is 2. The average Bonchev–Trinajstić information content (AvgIpc) is 2.22. The lowest BCUT2D eigenvalue weighted by Crippen LogP contribution is -2.27. The lowest BCUT2D eigenvalue weighted by molar-refractivity contribution is 0.274. The first-order chi connectivity index (χ1) is 7.10. The molecule has 92 valence electrons. The van der Waals surface area contributed by atoms with Crippen LogP contribution in [-0.4, -0.2) is 23.3 Å². The third-order valence-corrected chi connectivity index (χ3v) is 4.73. The molecular weight excluding hydrogens is 247 g/mol. The maximum atomic E-state index is 6.09. The van der Waals surface area contributed by atoms with Crippen molar-refractivity contribution in [3.63, 3.8) is 0 Å². The highest BCUT2D eigenvalue weighted by Crippen LogP contribution is 2.35. The zero-order valence-corrected chi connectivity index (χ0v) is 12.5. The first kappa shape index (κ1) is 15.9. The molecule has 0 amide bonds. The monoisotopic (exact) mass is 270 g/mol. The Labute approximate surface area is 109 Å². The summed E-state index contributed by atoms with van der Waals surface area (Å²) in [7, 11) is 0. The molecule has 0 spiro atoms. The van der Waals surface area contributed by atoms with Crippen molar-refractivity contribution in [2.45, 2.75) is 40.0 Å². The van der Waals surface area contributed by atoms with Gasteiger partial charge in [-0.05, 0) is 42.1 Å². The van der Waals surface area contributed by atoms with Crippen LogP contribution in [0, 0.1) is 11.3 Å². The second-order valence-electron chi connectivity index (χ2n) is 4.67. The summed E-state index contributed by atoms with van der Waals surface area (Å²) < 4.78 is 0. The Bertz CT molecular complexity index is 145. The van der Waals surface area contributed by atoms with Gasteiger partial charge in [0.1, 0.15) is 0 Å². The first-order valence-corrected chi connectivity index (χ1v) is 8.02. The van der Waals surface area contributed by atoms with E-state index in [2.05, 4.69) is 20.8 Å². The van der Waals surface area contributed by atoms with E-state index in [1.165, 1.54) is 24.3 Å². The maximum absolute atomic E-state index is 6.09. The molecule has 0 aromatic heterocycles. The smallest absolute Gasteiger partial charge is 0.0291 e. The minimum atomic E-state index is 0.172. The highest BCUT2D eigenvalue weighted by atomic mass is 35.5. The number of rotatable bonds is 9. The van der Waals surface area contributed by atoms with Crippen molar-refractivity contribution in [3.8, 4) is 0 Å². The SMILES string of the molecule is CCSCCCC(CCl)(CCl)CC(C)C. The van der Waals surface area contributed by atoms with Gasteiger partial charge in [0, 0.05) is 11.8 Å². The van der Waals surface area contributed by atoms with Crippen molar-refractivity contribution in [2.75, 3.05) is 23.3 Å². The van der Waals surface area contributed by atoms with Gasteiger partial charge in [-0.1, -0.05) is 20.8 Å². The molecule has 0 saturated heterocycles. The second-order valence-corrected chi connectivity index (χ2v) is 6.59. The van der Waals surface area contributed by atoms with E-state index in [1.807, 2.05) is 11.8 Å². The van der Waals surface area contributed by atoms with Crippen molar-refractivity contribution in [3.05, 3.63) is 0 Å². The zero-order valence-electron chi connectivity index (χ0n) is 10.2. The van der Waals surface area contributed by atoms with Crippen LogP contribution in [0.2, 0.25) is 0 Å². The molecule has 0 aliphatic rings. The Morgan fingerprint density at radius 3 is 2.20 bits per heavy atom. The Balaban J connectivity index is 4.00. The predicted molar refractivity (Wildman–Crippen MR) is 75.6 cm³/mol. The van der Waals surface area contributed by atoms with Crippen LogP contribution in [0.5, 0.6) is 0 Å². The lowest BCUT2D eigenvalue weighted by atomic mass is 9.80. The summed E-state index contributed by atoms with van der Waals surface area (Å²) in [5.41, 5.74) is 0.172. The van der Waals surface area contributed by atoms with Gasteiger partial charge in [-0.3, -0.25) is 0 Å². The summed E-state index contributed by atoms with van der Waals surface area (Å²) in [6.07, 6.45) is 3.56. The molecule has 0 nitrogen and oxygen atoms in total. The first-order valence-electron chi connectivity index (χ1n) is 5.80. The van der Waals surface area contributed by atoms with Gasteiger partial charge in [0.25, 0.3) is 0 Å². The number of thioether (sulfide) groups is 1.